The quantitative estimate of drug-likeness (QED) is 0.130. The van der Waals surface area contributed by atoms with Gasteiger partial charge in [-0.3, -0.25) is 27.8 Å². The second-order valence-corrected chi connectivity index (χ2v) is 11.9. The van der Waals surface area contributed by atoms with Gasteiger partial charge in [0, 0.05) is 24.3 Å². The minimum absolute atomic E-state index is 0.0142. The summed E-state index contributed by atoms with van der Waals surface area (Å²) in [4.78, 5) is 23.3. The van der Waals surface area contributed by atoms with Crippen molar-refractivity contribution in [2.75, 3.05) is 0 Å². The van der Waals surface area contributed by atoms with E-state index >= 15 is 0 Å². The van der Waals surface area contributed by atoms with Gasteiger partial charge in [0.15, 0.2) is 23.5 Å². The van der Waals surface area contributed by atoms with Crippen LogP contribution in [0.1, 0.15) is 10.7 Å². The van der Waals surface area contributed by atoms with Crippen molar-refractivity contribution in [3.8, 4) is 23.5 Å². The van der Waals surface area contributed by atoms with Crippen LogP contribution in [0.5, 0.6) is 23.5 Å². The first-order valence-electron chi connectivity index (χ1n) is 8.37. The summed E-state index contributed by atoms with van der Waals surface area (Å²) in [5.74, 6) is -7.98. The molecule has 0 aliphatic rings. The number of aromatic nitrogens is 2. The summed E-state index contributed by atoms with van der Waals surface area (Å²) >= 11 is 0. The number of aromatic hydroxyl groups is 4. The van der Waals surface area contributed by atoms with Crippen molar-refractivity contribution in [2.45, 2.75) is 21.2 Å². The molecule has 0 aromatic carbocycles. The van der Waals surface area contributed by atoms with Crippen molar-refractivity contribution >= 4 is 53.8 Å². The van der Waals surface area contributed by atoms with Gasteiger partial charge >= 0.3 is 11.9 Å². The van der Waals surface area contributed by atoms with E-state index in [-0.39, 0.29) is 21.6 Å². The van der Waals surface area contributed by atoms with Gasteiger partial charge in [-0.2, -0.15) is 16.8 Å². The normalized spacial score (nSPS) is 15.9. The first-order chi connectivity index (χ1) is 15.5. The van der Waals surface area contributed by atoms with Crippen LogP contribution in [0.15, 0.2) is 24.3 Å². The van der Waals surface area contributed by atoms with Crippen LogP contribution in [0.25, 0.3) is 0 Å². The molecule has 34 heavy (non-hydrogen) atoms. The molecule has 0 radical (unpaired) electrons. The van der Waals surface area contributed by atoms with Gasteiger partial charge in [0.2, 0.25) is 10.5 Å². The van der Waals surface area contributed by atoms with Crippen LogP contribution in [-0.4, -0.2) is 88.2 Å². The molecule has 4 unspecified atom stereocenters. The molecule has 0 aliphatic carbocycles. The molecule has 0 saturated heterocycles. The lowest BCUT2D eigenvalue weighted by atomic mass is 10.4. The Kier molecular flexibility index (Phi) is 7.94. The van der Waals surface area contributed by atoms with E-state index in [0.29, 0.717) is 9.13 Å². The van der Waals surface area contributed by atoms with E-state index in [2.05, 4.69) is 0 Å². The maximum Gasteiger partial charge on any atom is 0.327 e. The summed E-state index contributed by atoms with van der Waals surface area (Å²) in [5, 5.41) is 48.6. The highest BCUT2D eigenvalue weighted by Crippen LogP contribution is 2.51. The highest BCUT2D eigenvalue weighted by molar-refractivity contribution is 8.76. The van der Waals surface area contributed by atoms with Gasteiger partial charge in [-0.1, -0.05) is 21.6 Å². The molecular weight excluding hydrogens is 548 g/mol. The molecule has 8 N–H and O–H groups in total. The Bertz CT molecular complexity index is 1160. The van der Waals surface area contributed by atoms with Crippen molar-refractivity contribution in [1.29, 1.82) is 0 Å². The zero-order chi connectivity index (χ0) is 26.2. The van der Waals surface area contributed by atoms with Crippen LogP contribution < -0.4 is 0 Å². The molecule has 190 valence electrons. The largest absolute Gasteiger partial charge is 0.494 e. The fraction of sp³-hybridized carbons (Fsp3) is 0.286. The number of rotatable bonds is 11. The standard InChI is InChI=1S/C14H16N2O14S4/c17-5-1-2-6(18)15(5)11(9(13(21)22)33(25,26)27)31-32-12(10(14(23)24)34(28,29)30)16-7(19)3-4-8(16)20/h1-4,9-12,17-20H,(H,21,22)(H,23,24)(H,25,26,27)(H,28,29,30). The van der Waals surface area contributed by atoms with Gasteiger partial charge in [-0.25, -0.2) is 0 Å². The average Bonchev–Trinajstić information content (AvgIpc) is 3.15. The van der Waals surface area contributed by atoms with Crippen LogP contribution in [-0.2, 0) is 29.8 Å². The first-order valence-corrected chi connectivity index (χ1v) is 13.6. The summed E-state index contributed by atoms with van der Waals surface area (Å²) in [6.07, 6.45) is 0. The fourth-order valence-corrected chi connectivity index (χ4v) is 8.81. The third kappa shape index (κ3) is 5.64. The average molecular weight is 565 g/mol. The minimum atomic E-state index is -5.47. The summed E-state index contributed by atoms with van der Waals surface area (Å²) < 4.78 is 66.6. The van der Waals surface area contributed by atoms with Crippen LogP contribution in [0.2, 0.25) is 0 Å². The molecule has 0 bridgehead atoms. The van der Waals surface area contributed by atoms with Gasteiger partial charge in [0.25, 0.3) is 20.2 Å². The number of aliphatic carboxylic acids is 2. The van der Waals surface area contributed by atoms with Gasteiger partial charge in [0.05, 0.1) is 0 Å². The molecule has 0 aliphatic heterocycles. The van der Waals surface area contributed by atoms with Crippen LogP contribution in [0.3, 0.4) is 0 Å². The number of carboxylic acids is 2. The van der Waals surface area contributed by atoms with Crippen LogP contribution >= 0.6 is 21.6 Å². The number of hydrogen-bond donors (Lipinski definition) is 8. The number of carboxylic acid groups (broad SMARTS) is 2. The Hall–Kier alpha value is -2.78. The lowest BCUT2D eigenvalue weighted by Gasteiger charge is -2.28. The maximum absolute atomic E-state index is 11.8. The topological polar surface area (TPSA) is 274 Å². The van der Waals surface area contributed by atoms with Crippen molar-refractivity contribution < 1.29 is 66.2 Å². The van der Waals surface area contributed by atoms with E-state index in [1.54, 1.807) is 0 Å². The predicted octanol–water partition coefficient (Wildman–Crippen LogP) is -0.127. The SMILES string of the molecule is O=C(O)C(C(SSC(C(C(=O)O)S(=O)(=O)O)n1c(O)ccc1O)n1c(O)ccc1O)S(=O)(=O)O. The predicted molar refractivity (Wildman–Crippen MR) is 115 cm³/mol. The lowest BCUT2D eigenvalue weighted by Crippen LogP contribution is -2.38. The highest BCUT2D eigenvalue weighted by atomic mass is 33.1. The monoisotopic (exact) mass is 564 g/mol. The molecule has 0 saturated carbocycles. The van der Waals surface area contributed by atoms with Crippen molar-refractivity contribution in [2.24, 2.45) is 0 Å². The van der Waals surface area contributed by atoms with Gasteiger partial charge in [-0.15, -0.1) is 0 Å². The van der Waals surface area contributed by atoms with E-state index in [9.17, 15) is 66.2 Å². The summed E-state index contributed by atoms with van der Waals surface area (Å²) in [5.41, 5.74) is 0. The molecule has 2 heterocycles. The zero-order valence-electron chi connectivity index (χ0n) is 16.2. The second kappa shape index (κ2) is 9.84. The minimum Gasteiger partial charge on any atom is -0.494 e. The second-order valence-electron chi connectivity index (χ2n) is 6.36. The van der Waals surface area contributed by atoms with Gasteiger partial charge in [-0.05, 0) is 0 Å². The van der Waals surface area contributed by atoms with E-state index in [1.807, 2.05) is 0 Å². The Balaban J connectivity index is 2.68. The molecule has 2 rings (SSSR count). The summed E-state index contributed by atoms with van der Waals surface area (Å²) in [7, 11) is -10.9. The van der Waals surface area contributed by atoms with Crippen molar-refractivity contribution in [1.82, 2.24) is 9.13 Å². The van der Waals surface area contributed by atoms with Crippen molar-refractivity contribution in [3.63, 3.8) is 0 Å². The summed E-state index contributed by atoms with van der Waals surface area (Å²) in [6.45, 7) is 0. The number of hydrogen-bond acceptors (Lipinski definition) is 12. The van der Waals surface area contributed by atoms with E-state index < -0.39 is 76.9 Å². The van der Waals surface area contributed by atoms with Crippen LogP contribution in [0.4, 0.5) is 0 Å². The van der Waals surface area contributed by atoms with Crippen molar-refractivity contribution in [3.05, 3.63) is 24.3 Å². The molecule has 0 spiro atoms. The fourth-order valence-electron chi connectivity index (χ4n) is 2.74. The van der Waals surface area contributed by atoms with E-state index in [1.165, 1.54) is 0 Å². The molecule has 16 nitrogen and oxygen atoms in total. The van der Waals surface area contributed by atoms with E-state index in [0.717, 1.165) is 24.3 Å². The molecule has 4 atom stereocenters. The third-order valence-electron chi connectivity index (χ3n) is 4.16. The van der Waals surface area contributed by atoms with E-state index in [4.69, 9.17) is 0 Å². The van der Waals surface area contributed by atoms with Gasteiger partial charge in [0.1, 0.15) is 10.7 Å². The Morgan fingerprint density at radius 2 is 0.882 bits per heavy atom. The number of carbonyl (C=O) groups is 2. The third-order valence-corrected chi connectivity index (χ3v) is 9.69. The molecule has 2 aromatic rings. The Morgan fingerprint density at radius 3 is 1.06 bits per heavy atom. The molecular formula is C14H16N2O14S4. The maximum atomic E-state index is 11.8. The molecule has 0 fully saturated rings. The Labute approximate surface area is 198 Å². The smallest absolute Gasteiger partial charge is 0.327 e. The molecule has 20 heteroatoms. The van der Waals surface area contributed by atoms with Crippen LogP contribution in [0, 0.1) is 0 Å². The number of nitrogens with zero attached hydrogens (tertiary/aromatic N) is 2. The highest BCUT2D eigenvalue weighted by Gasteiger charge is 2.46. The zero-order valence-corrected chi connectivity index (χ0v) is 19.4. The molecule has 0 amide bonds. The first kappa shape index (κ1) is 27.5. The Morgan fingerprint density at radius 1 is 0.647 bits per heavy atom. The summed E-state index contributed by atoms with van der Waals surface area (Å²) in [6, 6.07) is 3.26. The molecule has 2 aromatic heterocycles. The lowest BCUT2D eigenvalue weighted by molar-refractivity contribution is -0.138. The van der Waals surface area contributed by atoms with Gasteiger partial charge < -0.3 is 30.6 Å².